The molecule has 0 saturated heterocycles. The van der Waals surface area contributed by atoms with Gasteiger partial charge in [-0.15, -0.1) is 0 Å². The van der Waals surface area contributed by atoms with E-state index in [0.717, 1.165) is 49.5 Å². The first-order valence-corrected chi connectivity index (χ1v) is 11.8. The average molecular weight is 449 g/mol. The number of nitrogens with zero attached hydrogens (tertiary/aromatic N) is 2. The summed E-state index contributed by atoms with van der Waals surface area (Å²) in [5.74, 6) is -0.0258. The van der Waals surface area contributed by atoms with Crippen LogP contribution < -0.4 is 0 Å². The van der Waals surface area contributed by atoms with Gasteiger partial charge in [0.15, 0.2) is 5.82 Å². The Labute approximate surface area is 196 Å². The fraction of sp³-hybridized carbons (Fsp3) is 0.357. The number of ether oxygens (including phenoxy) is 1. The summed E-state index contributed by atoms with van der Waals surface area (Å²) in [5, 5.41) is 9.36. The number of allylic oxidation sites excluding steroid dienone is 1. The van der Waals surface area contributed by atoms with Gasteiger partial charge in [0.05, 0.1) is 6.10 Å². The number of halogens is 1. The molecule has 3 aromatic rings. The van der Waals surface area contributed by atoms with Gasteiger partial charge in [0.1, 0.15) is 11.6 Å². The Kier molecular flexibility index (Phi) is 9.58. The molecule has 1 atom stereocenters. The van der Waals surface area contributed by atoms with E-state index in [-0.39, 0.29) is 5.75 Å². The first-order chi connectivity index (χ1) is 16.1. The van der Waals surface area contributed by atoms with Crippen molar-refractivity contribution in [3.63, 3.8) is 0 Å². The van der Waals surface area contributed by atoms with Crippen molar-refractivity contribution in [3.8, 4) is 28.3 Å². The van der Waals surface area contributed by atoms with E-state index in [1.807, 2.05) is 24.3 Å². The molecule has 1 heterocycles. The van der Waals surface area contributed by atoms with E-state index >= 15 is 0 Å². The van der Waals surface area contributed by atoms with E-state index in [9.17, 15) is 9.50 Å². The van der Waals surface area contributed by atoms with Gasteiger partial charge in [0, 0.05) is 41.8 Å². The SMILES string of the molecule is CCCCCOC(C)CCC/C=C/c1ccc(-c2ncc(-c3ccc(O)cc3F)cn2)cc1. The van der Waals surface area contributed by atoms with Crippen LogP contribution in [-0.2, 0) is 4.74 Å². The molecular formula is C28H33FN2O2. The first-order valence-electron chi connectivity index (χ1n) is 11.8. The van der Waals surface area contributed by atoms with Crippen molar-refractivity contribution < 1.29 is 14.2 Å². The highest BCUT2D eigenvalue weighted by Crippen LogP contribution is 2.26. The second kappa shape index (κ2) is 12.9. The number of aromatic hydroxyl groups is 1. The summed E-state index contributed by atoms with van der Waals surface area (Å²) in [6.45, 7) is 5.24. The highest BCUT2D eigenvalue weighted by Gasteiger charge is 2.08. The monoisotopic (exact) mass is 448 g/mol. The number of unbranched alkanes of at least 4 members (excludes halogenated alkanes) is 3. The molecule has 0 saturated carbocycles. The minimum absolute atomic E-state index is 0.107. The quantitative estimate of drug-likeness (QED) is 0.293. The first kappa shape index (κ1) is 24.6. The summed E-state index contributed by atoms with van der Waals surface area (Å²) in [7, 11) is 0. The molecule has 0 amide bonds. The van der Waals surface area contributed by atoms with Gasteiger partial charge in [0.25, 0.3) is 0 Å². The summed E-state index contributed by atoms with van der Waals surface area (Å²) in [6, 6.07) is 12.1. The maximum absolute atomic E-state index is 14.0. The molecule has 1 unspecified atom stereocenters. The molecule has 174 valence electrons. The predicted molar refractivity (Wildman–Crippen MR) is 132 cm³/mol. The molecule has 0 aliphatic rings. The topological polar surface area (TPSA) is 55.2 Å². The maximum Gasteiger partial charge on any atom is 0.159 e. The largest absolute Gasteiger partial charge is 0.508 e. The Hall–Kier alpha value is -3.05. The zero-order chi connectivity index (χ0) is 23.5. The standard InChI is InChI=1S/C28H33FN2O2/c1-3-4-8-17-33-21(2)9-6-5-7-10-22-11-13-23(14-12-22)28-30-19-24(20-31-28)26-16-15-25(32)18-27(26)29/h7,10-16,18-21,32H,3-6,8-9,17H2,1-2H3/b10-7+. The van der Waals surface area contributed by atoms with E-state index in [1.54, 1.807) is 12.4 Å². The lowest BCUT2D eigenvalue weighted by atomic mass is 10.1. The number of rotatable bonds is 12. The molecule has 0 spiro atoms. The normalized spacial score (nSPS) is 12.3. The van der Waals surface area contributed by atoms with Crippen LogP contribution in [0.3, 0.4) is 0 Å². The molecule has 5 heteroatoms. The Morgan fingerprint density at radius 1 is 1.00 bits per heavy atom. The zero-order valence-electron chi connectivity index (χ0n) is 19.5. The van der Waals surface area contributed by atoms with Gasteiger partial charge >= 0.3 is 0 Å². The Morgan fingerprint density at radius 2 is 1.76 bits per heavy atom. The number of benzene rings is 2. The zero-order valence-corrected chi connectivity index (χ0v) is 19.5. The van der Waals surface area contributed by atoms with E-state index in [0.29, 0.717) is 23.1 Å². The van der Waals surface area contributed by atoms with Gasteiger partial charge in [-0.1, -0.05) is 56.2 Å². The smallest absolute Gasteiger partial charge is 0.159 e. The van der Waals surface area contributed by atoms with Crippen molar-refractivity contribution in [1.82, 2.24) is 9.97 Å². The molecule has 0 bridgehead atoms. The van der Waals surface area contributed by atoms with E-state index in [2.05, 4.69) is 36.0 Å². The molecule has 0 aliphatic carbocycles. The number of phenols is 1. The van der Waals surface area contributed by atoms with Gasteiger partial charge in [0.2, 0.25) is 0 Å². The van der Waals surface area contributed by atoms with Crippen molar-refractivity contribution in [2.24, 2.45) is 0 Å². The third-order valence-electron chi connectivity index (χ3n) is 5.53. The third-order valence-corrected chi connectivity index (χ3v) is 5.53. The van der Waals surface area contributed by atoms with Crippen LogP contribution in [0.1, 0.15) is 57.9 Å². The van der Waals surface area contributed by atoms with Gasteiger partial charge in [-0.05, 0) is 50.3 Å². The van der Waals surface area contributed by atoms with Crippen LogP contribution in [0.25, 0.3) is 28.6 Å². The van der Waals surface area contributed by atoms with Crippen molar-refractivity contribution in [2.75, 3.05) is 6.61 Å². The fourth-order valence-corrected chi connectivity index (χ4v) is 3.56. The van der Waals surface area contributed by atoms with E-state index < -0.39 is 5.82 Å². The lowest BCUT2D eigenvalue weighted by molar-refractivity contribution is 0.0566. The minimum atomic E-state index is -0.503. The van der Waals surface area contributed by atoms with Crippen LogP contribution >= 0.6 is 0 Å². The van der Waals surface area contributed by atoms with Gasteiger partial charge in [-0.25, -0.2) is 14.4 Å². The fourth-order valence-electron chi connectivity index (χ4n) is 3.56. The molecule has 1 aromatic heterocycles. The van der Waals surface area contributed by atoms with Crippen LogP contribution in [0, 0.1) is 5.82 Å². The maximum atomic E-state index is 14.0. The predicted octanol–water partition coefficient (Wildman–Crippen LogP) is 7.43. The molecule has 0 radical (unpaired) electrons. The molecular weight excluding hydrogens is 415 g/mol. The average Bonchev–Trinajstić information content (AvgIpc) is 2.82. The Balaban J connectivity index is 1.48. The third kappa shape index (κ3) is 7.79. The van der Waals surface area contributed by atoms with Crippen LogP contribution in [0.5, 0.6) is 5.75 Å². The number of hydrogen-bond donors (Lipinski definition) is 1. The lowest BCUT2D eigenvalue weighted by Crippen LogP contribution is -2.08. The van der Waals surface area contributed by atoms with Crippen LogP contribution in [-0.4, -0.2) is 27.8 Å². The summed E-state index contributed by atoms with van der Waals surface area (Å²) < 4.78 is 19.9. The van der Waals surface area contributed by atoms with Gasteiger partial charge < -0.3 is 9.84 Å². The lowest BCUT2D eigenvalue weighted by Gasteiger charge is -2.11. The second-order valence-electron chi connectivity index (χ2n) is 8.30. The molecule has 2 aromatic carbocycles. The van der Waals surface area contributed by atoms with Crippen molar-refractivity contribution in [3.05, 3.63) is 72.3 Å². The van der Waals surface area contributed by atoms with Crippen molar-refractivity contribution in [2.45, 2.75) is 58.5 Å². The van der Waals surface area contributed by atoms with Crippen LogP contribution in [0.15, 0.2) is 60.9 Å². The number of hydrogen-bond acceptors (Lipinski definition) is 4. The second-order valence-corrected chi connectivity index (χ2v) is 8.30. The number of phenolic OH excluding ortho intramolecular Hbond substituents is 1. The van der Waals surface area contributed by atoms with Gasteiger partial charge in [-0.2, -0.15) is 0 Å². The molecule has 0 fully saturated rings. The Bertz CT molecular complexity index is 1020. The van der Waals surface area contributed by atoms with Crippen LogP contribution in [0.2, 0.25) is 0 Å². The Morgan fingerprint density at radius 3 is 2.45 bits per heavy atom. The molecule has 3 rings (SSSR count). The summed E-state index contributed by atoms with van der Waals surface area (Å²) in [4.78, 5) is 8.77. The summed E-state index contributed by atoms with van der Waals surface area (Å²) in [5.41, 5.74) is 2.96. The van der Waals surface area contributed by atoms with Gasteiger partial charge in [-0.3, -0.25) is 0 Å². The van der Waals surface area contributed by atoms with Crippen molar-refractivity contribution >= 4 is 6.08 Å². The summed E-state index contributed by atoms with van der Waals surface area (Å²) >= 11 is 0. The highest BCUT2D eigenvalue weighted by atomic mass is 19.1. The van der Waals surface area contributed by atoms with E-state index in [4.69, 9.17) is 4.74 Å². The molecule has 0 aliphatic heterocycles. The minimum Gasteiger partial charge on any atom is -0.508 e. The molecule has 33 heavy (non-hydrogen) atoms. The van der Waals surface area contributed by atoms with E-state index in [1.165, 1.54) is 25.0 Å². The molecule has 1 N–H and O–H groups in total. The summed E-state index contributed by atoms with van der Waals surface area (Å²) in [6.07, 6.45) is 14.7. The highest BCUT2D eigenvalue weighted by molar-refractivity contribution is 5.65. The molecule has 4 nitrogen and oxygen atoms in total. The van der Waals surface area contributed by atoms with Crippen LogP contribution in [0.4, 0.5) is 4.39 Å². The van der Waals surface area contributed by atoms with Crippen molar-refractivity contribution in [1.29, 1.82) is 0 Å². The number of aromatic nitrogens is 2.